The normalized spacial score (nSPS) is 17.5. The van der Waals surface area contributed by atoms with E-state index in [2.05, 4.69) is 5.32 Å². The lowest BCUT2D eigenvalue weighted by Gasteiger charge is -2.22. The third kappa shape index (κ3) is 4.00. The molecule has 1 fully saturated rings. The van der Waals surface area contributed by atoms with Gasteiger partial charge in [0.15, 0.2) is 0 Å². The van der Waals surface area contributed by atoms with E-state index in [9.17, 15) is 18.0 Å². The molecule has 0 spiro atoms. The van der Waals surface area contributed by atoms with Gasteiger partial charge in [0, 0.05) is 12.6 Å². The van der Waals surface area contributed by atoms with Crippen molar-refractivity contribution >= 4 is 5.97 Å². The number of rotatable bonds is 5. The van der Waals surface area contributed by atoms with Gasteiger partial charge in [0.25, 0.3) is 0 Å². The summed E-state index contributed by atoms with van der Waals surface area (Å²) in [5.41, 5.74) is -0.814. The lowest BCUT2D eigenvalue weighted by molar-refractivity contribution is -0.144. The largest absolute Gasteiger partial charge is 0.469 e. The first-order valence-electron chi connectivity index (χ1n) is 7.41. The second kappa shape index (κ2) is 7.13. The van der Waals surface area contributed by atoms with Crippen molar-refractivity contribution in [3.05, 3.63) is 35.4 Å². The molecule has 1 aliphatic rings. The zero-order valence-corrected chi connectivity index (χ0v) is 12.5. The van der Waals surface area contributed by atoms with E-state index in [1.165, 1.54) is 25.3 Å². The third-order valence-electron chi connectivity index (χ3n) is 4.09. The number of carbonyl (C=O) groups excluding carboxylic acids is 1. The van der Waals surface area contributed by atoms with Crippen LogP contribution >= 0.6 is 0 Å². The van der Waals surface area contributed by atoms with Crippen LogP contribution in [0.2, 0.25) is 0 Å². The van der Waals surface area contributed by atoms with Crippen LogP contribution < -0.4 is 5.32 Å². The van der Waals surface area contributed by atoms with Gasteiger partial charge < -0.3 is 10.1 Å². The molecular weight excluding hydrogens is 295 g/mol. The minimum Gasteiger partial charge on any atom is -0.469 e. The van der Waals surface area contributed by atoms with Gasteiger partial charge in [0.05, 0.1) is 18.6 Å². The Kier molecular flexibility index (Phi) is 5.45. The van der Waals surface area contributed by atoms with E-state index in [-0.39, 0.29) is 18.2 Å². The Morgan fingerprint density at radius 3 is 2.55 bits per heavy atom. The highest BCUT2D eigenvalue weighted by molar-refractivity contribution is 5.79. The first kappa shape index (κ1) is 16.8. The summed E-state index contributed by atoms with van der Waals surface area (Å²) < 4.78 is 44.1. The molecule has 0 bridgehead atoms. The molecule has 0 aromatic heterocycles. The molecule has 0 heterocycles. The average molecular weight is 315 g/mol. The zero-order valence-electron chi connectivity index (χ0n) is 12.5. The van der Waals surface area contributed by atoms with Gasteiger partial charge in [-0.25, -0.2) is 0 Å². The molecule has 122 valence electrons. The van der Waals surface area contributed by atoms with Crippen LogP contribution in [0, 0.1) is 0 Å². The van der Waals surface area contributed by atoms with Crippen molar-refractivity contribution in [2.24, 2.45) is 0 Å². The number of hydrogen-bond acceptors (Lipinski definition) is 3. The van der Waals surface area contributed by atoms with Gasteiger partial charge in [-0.3, -0.25) is 4.79 Å². The lowest BCUT2D eigenvalue weighted by atomic mass is 9.93. The molecule has 1 N–H and O–H groups in total. The number of carbonyl (C=O) groups is 1. The summed E-state index contributed by atoms with van der Waals surface area (Å²) in [5, 5.41) is 3.21. The molecule has 1 aromatic carbocycles. The van der Waals surface area contributed by atoms with Crippen LogP contribution in [0.3, 0.4) is 0 Å². The molecule has 3 nitrogen and oxygen atoms in total. The molecule has 2 rings (SSSR count). The minimum absolute atomic E-state index is 0.0349. The summed E-state index contributed by atoms with van der Waals surface area (Å²) in [6.07, 6.45) is -0.279. The van der Waals surface area contributed by atoms with Gasteiger partial charge in [-0.2, -0.15) is 13.2 Å². The van der Waals surface area contributed by atoms with Gasteiger partial charge in [0.2, 0.25) is 0 Å². The van der Waals surface area contributed by atoms with Crippen LogP contribution in [0.5, 0.6) is 0 Å². The smallest absolute Gasteiger partial charge is 0.416 e. The van der Waals surface area contributed by atoms with E-state index in [0.29, 0.717) is 0 Å². The number of alkyl halides is 3. The van der Waals surface area contributed by atoms with E-state index in [1.54, 1.807) is 0 Å². The van der Waals surface area contributed by atoms with E-state index < -0.39 is 23.6 Å². The van der Waals surface area contributed by atoms with Crippen molar-refractivity contribution in [3.8, 4) is 0 Å². The molecule has 22 heavy (non-hydrogen) atoms. The summed E-state index contributed by atoms with van der Waals surface area (Å²) in [4.78, 5) is 12.0. The maximum Gasteiger partial charge on any atom is 0.416 e. The molecular formula is C16H20F3NO2. The predicted octanol–water partition coefficient (Wildman–Crippen LogP) is 3.49. The van der Waals surface area contributed by atoms with Gasteiger partial charge in [0.1, 0.15) is 0 Å². The van der Waals surface area contributed by atoms with E-state index in [1.807, 2.05) is 0 Å². The summed E-state index contributed by atoms with van der Waals surface area (Å²) in [7, 11) is 1.20. The van der Waals surface area contributed by atoms with Gasteiger partial charge in [-0.1, -0.05) is 31.0 Å². The molecule has 6 heteroatoms. The number of halogens is 3. The second-order valence-corrected chi connectivity index (χ2v) is 5.55. The molecule has 1 aliphatic carbocycles. The van der Waals surface area contributed by atoms with Crippen LogP contribution in [-0.2, 0) is 15.7 Å². The molecule has 1 saturated carbocycles. The molecule has 1 atom stereocenters. The highest BCUT2D eigenvalue weighted by Crippen LogP contribution is 2.35. The molecule has 0 aliphatic heterocycles. The number of nitrogens with one attached hydrogen (secondary N) is 1. The number of hydrogen-bond donors (Lipinski definition) is 1. The van der Waals surface area contributed by atoms with Gasteiger partial charge in [-0.15, -0.1) is 0 Å². The zero-order chi connectivity index (χ0) is 16.2. The number of benzene rings is 1. The van der Waals surface area contributed by atoms with Crippen LogP contribution in [0.1, 0.15) is 42.7 Å². The first-order valence-corrected chi connectivity index (χ1v) is 7.41. The minimum atomic E-state index is -4.49. The monoisotopic (exact) mass is 315 g/mol. The fourth-order valence-electron chi connectivity index (χ4n) is 2.94. The van der Waals surface area contributed by atoms with Crippen molar-refractivity contribution in [2.45, 2.75) is 43.8 Å². The topological polar surface area (TPSA) is 38.3 Å². The van der Waals surface area contributed by atoms with Gasteiger partial charge in [-0.05, 0) is 24.5 Å². The molecule has 0 radical (unpaired) electrons. The predicted molar refractivity (Wildman–Crippen MR) is 76.5 cm³/mol. The summed E-state index contributed by atoms with van der Waals surface area (Å²) in [5.74, 6) is -1.61. The Labute approximate surface area is 127 Å². The SMILES string of the molecule is COC(=O)C(CNC1CCCC1)c1ccccc1C(F)(F)F. The molecule has 0 amide bonds. The highest BCUT2D eigenvalue weighted by atomic mass is 19.4. The number of esters is 1. The lowest BCUT2D eigenvalue weighted by Crippen LogP contribution is -2.34. The quantitative estimate of drug-likeness (QED) is 0.845. The fraction of sp³-hybridized carbons (Fsp3) is 0.562. The summed E-state index contributed by atoms with van der Waals surface area (Å²) >= 11 is 0. The number of ether oxygens (including phenoxy) is 1. The van der Waals surface area contributed by atoms with Crippen molar-refractivity contribution in [3.63, 3.8) is 0 Å². The standard InChI is InChI=1S/C16H20F3NO2/c1-22-15(21)13(10-20-11-6-2-3-7-11)12-8-4-5-9-14(12)16(17,18)19/h4-5,8-9,11,13,20H,2-3,6-7,10H2,1H3. The molecule has 1 aromatic rings. The summed E-state index contributed by atoms with van der Waals surface area (Å²) in [6.45, 7) is 0.157. The van der Waals surface area contributed by atoms with Gasteiger partial charge >= 0.3 is 12.1 Å². The van der Waals surface area contributed by atoms with E-state index in [0.717, 1.165) is 31.7 Å². The summed E-state index contributed by atoms with van der Waals surface area (Å²) in [6, 6.07) is 5.45. The van der Waals surface area contributed by atoms with Crippen LogP contribution in [-0.4, -0.2) is 25.7 Å². The Bertz CT molecular complexity index is 510. The highest BCUT2D eigenvalue weighted by Gasteiger charge is 2.37. The average Bonchev–Trinajstić information content (AvgIpc) is 3.00. The fourth-order valence-corrected chi connectivity index (χ4v) is 2.94. The maximum absolute atomic E-state index is 13.1. The second-order valence-electron chi connectivity index (χ2n) is 5.55. The van der Waals surface area contributed by atoms with Crippen LogP contribution in [0.4, 0.5) is 13.2 Å². The number of methoxy groups -OCH3 is 1. The van der Waals surface area contributed by atoms with E-state index >= 15 is 0 Å². The Morgan fingerprint density at radius 2 is 1.95 bits per heavy atom. The van der Waals surface area contributed by atoms with Crippen molar-refractivity contribution in [1.82, 2.24) is 5.32 Å². The third-order valence-corrected chi connectivity index (χ3v) is 4.09. The van der Waals surface area contributed by atoms with Crippen molar-refractivity contribution < 1.29 is 22.7 Å². The first-order chi connectivity index (χ1) is 10.4. The van der Waals surface area contributed by atoms with Crippen LogP contribution in [0.25, 0.3) is 0 Å². The van der Waals surface area contributed by atoms with E-state index in [4.69, 9.17) is 4.74 Å². The van der Waals surface area contributed by atoms with Crippen molar-refractivity contribution in [1.29, 1.82) is 0 Å². The Balaban J connectivity index is 2.23. The molecule has 1 unspecified atom stereocenters. The Morgan fingerprint density at radius 1 is 1.32 bits per heavy atom. The maximum atomic E-state index is 13.1. The Hall–Kier alpha value is -1.56. The van der Waals surface area contributed by atoms with Crippen molar-refractivity contribution in [2.75, 3.05) is 13.7 Å². The molecule has 0 saturated heterocycles. The van der Waals surface area contributed by atoms with Crippen LogP contribution in [0.15, 0.2) is 24.3 Å².